The third kappa shape index (κ3) is 2.71. The molecule has 2 unspecified atom stereocenters. The molecule has 1 heterocycles. The highest BCUT2D eigenvalue weighted by Crippen LogP contribution is 2.27. The van der Waals surface area contributed by atoms with Crippen molar-refractivity contribution in [3.63, 3.8) is 0 Å². The van der Waals surface area contributed by atoms with Crippen molar-refractivity contribution in [2.45, 2.75) is 19.2 Å². The van der Waals surface area contributed by atoms with Crippen LogP contribution in [-0.4, -0.2) is 28.8 Å². The highest BCUT2D eigenvalue weighted by atomic mass is 19.1. The molecule has 1 aromatic heterocycles. The van der Waals surface area contributed by atoms with Crippen LogP contribution in [0.2, 0.25) is 0 Å². The Morgan fingerprint density at radius 1 is 1.42 bits per heavy atom. The summed E-state index contributed by atoms with van der Waals surface area (Å²) in [7, 11) is 0. The maximum absolute atomic E-state index is 13.8. The van der Waals surface area contributed by atoms with Crippen LogP contribution in [-0.2, 0) is 9.53 Å². The van der Waals surface area contributed by atoms with E-state index in [4.69, 9.17) is 0 Å². The number of esters is 1. The third-order valence-electron chi connectivity index (χ3n) is 2.81. The number of alkyl halides is 1. The number of pyridine rings is 1. The van der Waals surface area contributed by atoms with Gasteiger partial charge in [-0.1, -0.05) is 24.3 Å². The molecule has 4 nitrogen and oxygen atoms in total. The maximum atomic E-state index is 13.8. The van der Waals surface area contributed by atoms with Gasteiger partial charge in [-0.25, -0.2) is 9.18 Å². The highest BCUT2D eigenvalue weighted by molar-refractivity contribution is 5.86. The lowest BCUT2D eigenvalue weighted by atomic mass is 10.0. The number of benzene rings is 1. The molecule has 1 N–H and O–H groups in total. The van der Waals surface area contributed by atoms with Gasteiger partial charge in [0.1, 0.15) is 6.10 Å². The number of halogens is 1. The van der Waals surface area contributed by atoms with Crippen molar-refractivity contribution >= 4 is 16.7 Å². The minimum Gasteiger partial charge on any atom is -0.464 e. The van der Waals surface area contributed by atoms with Crippen LogP contribution in [0, 0.1) is 0 Å². The van der Waals surface area contributed by atoms with Crippen molar-refractivity contribution in [2.24, 2.45) is 0 Å². The molecule has 0 amide bonds. The van der Waals surface area contributed by atoms with E-state index in [-0.39, 0.29) is 12.2 Å². The molecule has 19 heavy (non-hydrogen) atoms. The summed E-state index contributed by atoms with van der Waals surface area (Å²) in [6.45, 7) is 1.65. The molecular weight excluding hydrogens is 249 g/mol. The molecule has 2 aromatic rings. The zero-order valence-corrected chi connectivity index (χ0v) is 10.4. The van der Waals surface area contributed by atoms with Gasteiger partial charge in [-0.2, -0.15) is 0 Å². The molecule has 0 spiro atoms. The van der Waals surface area contributed by atoms with Gasteiger partial charge in [0.2, 0.25) is 6.17 Å². The number of aromatic nitrogens is 1. The molecule has 0 aliphatic carbocycles. The first kappa shape index (κ1) is 13.4. The molecule has 0 saturated heterocycles. The number of aliphatic hydroxyl groups is 1. The zero-order valence-electron chi connectivity index (χ0n) is 10.4. The van der Waals surface area contributed by atoms with Gasteiger partial charge in [-0.15, -0.1) is 0 Å². The van der Waals surface area contributed by atoms with Gasteiger partial charge in [0, 0.05) is 23.3 Å². The monoisotopic (exact) mass is 263 g/mol. The second kappa shape index (κ2) is 5.75. The molecule has 0 bridgehead atoms. The summed E-state index contributed by atoms with van der Waals surface area (Å²) in [6.07, 6.45) is -0.729. The number of aliphatic hydroxyl groups excluding tert-OH is 1. The Balaban J connectivity index is 2.36. The first-order chi connectivity index (χ1) is 9.15. The van der Waals surface area contributed by atoms with Crippen LogP contribution in [0.25, 0.3) is 10.8 Å². The topological polar surface area (TPSA) is 59.4 Å². The molecule has 0 saturated carbocycles. The number of carbonyl (C=O) groups excluding carboxylic acids is 1. The van der Waals surface area contributed by atoms with E-state index in [0.717, 1.165) is 5.39 Å². The van der Waals surface area contributed by atoms with E-state index in [1.807, 2.05) is 6.07 Å². The van der Waals surface area contributed by atoms with Crippen LogP contribution < -0.4 is 0 Å². The SMILES string of the molecule is CCOC(=O)C(F)C(O)c1cncc2ccccc12. The van der Waals surface area contributed by atoms with Gasteiger partial charge in [0.05, 0.1) is 6.61 Å². The average Bonchev–Trinajstić information content (AvgIpc) is 2.45. The third-order valence-corrected chi connectivity index (χ3v) is 2.81. The van der Waals surface area contributed by atoms with Crippen LogP contribution in [0.4, 0.5) is 4.39 Å². The lowest BCUT2D eigenvalue weighted by Crippen LogP contribution is -2.26. The molecule has 0 fully saturated rings. The van der Waals surface area contributed by atoms with E-state index < -0.39 is 18.2 Å². The Morgan fingerprint density at radius 2 is 2.16 bits per heavy atom. The summed E-state index contributed by atoms with van der Waals surface area (Å²) in [6, 6.07) is 7.14. The summed E-state index contributed by atoms with van der Waals surface area (Å²) in [5, 5.41) is 11.4. The van der Waals surface area contributed by atoms with E-state index in [9.17, 15) is 14.3 Å². The zero-order chi connectivity index (χ0) is 13.8. The van der Waals surface area contributed by atoms with Gasteiger partial charge in [0.15, 0.2) is 0 Å². The summed E-state index contributed by atoms with van der Waals surface area (Å²) < 4.78 is 18.4. The molecule has 2 rings (SSSR count). The smallest absolute Gasteiger partial charge is 0.343 e. The number of rotatable bonds is 4. The lowest BCUT2D eigenvalue weighted by molar-refractivity contribution is -0.153. The fourth-order valence-electron chi connectivity index (χ4n) is 1.88. The van der Waals surface area contributed by atoms with Crippen LogP contribution in [0.3, 0.4) is 0 Å². The van der Waals surface area contributed by atoms with Crippen molar-refractivity contribution in [3.05, 3.63) is 42.2 Å². The van der Waals surface area contributed by atoms with Gasteiger partial charge >= 0.3 is 5.97 Å². The van der Waals surface area contributed by atoms with Crippen molar-refractivity contribution in [1.29, 1.82) is 0 Å². The molecule has 100 valence electrons. The fourth-order valence-corrected chi connectivity index (χ4v) is 1.88. The number of fused-ring (bicyclic) bond motifs is 1. The first-order valence-electron chi connectivity index (χ1n) is 5.96. The highest BCUT2D eigenvalue weighted by Gasteiger charge is 2.30. The van der Waals surface area contributed by atoms with Crippen molar-refractivity contribution in [2.75, 3.05) is 6.61 Å². The van der Waals surface area contributed by atoms with Crippen LogP contribution >= 0.6 is 0 Å². The van der Waals surface area contributed by atoms with Crippen LogP contribution in [0.1, 0.15) is 18.6 Å². The Hall–Kier alpha value is -2.01. The molecule has 1 aromatic carbocycles. The summed E-state index contributed by atoms with van der Waals surface area (Å²) >= 11 is 0. The minimum absolute atomic E-state index is 0.0692. The average molecular weight is 263 g/mol. The molecule has 2 atom stereocenters. The summed E-state index contributed by atoms with van der Waals surface area (Å²) in [5.74, 6) is -1.07. The van der Waals surface area contributed by atoms with Gasteiger partial charge < -0.3 is 9.84 Å². The maximum Gasteiger partial charge on any atom is 0.343 e. The van der Waals surface area contributed by atoms with Crippen LogP contribution in [0.5, 0.6) is 0 Å². The van der Waals surface area contributed by atoms with E-state index in [2.05, 4.69) is 9.72 Å². The lowest BCUT2D eigenvalue weighted by Gasteiger charge is -2.16. The standard InChI is InChI=1S/C14H14FNO3/c1-2-19-14(18)12(15)13(17)11-8-16-7-9-5-3-4-6-10(9)11/h3-8,12-13,17H,2H2,1H3. The predicted molar refractivity (Wildman–Crippen MR) is 68.2 cm³/mol. The second-order valence-corrected chi connectivity index (χ2v) is 4.05. The second-order valence-electron chi connectivity index (χ2n) is 4.05. The largest absolute Gasteiger partial charge is 0.464 e. The number of carbonyl (C=O) groups is 1. The predicted octanol–water partition coefficient (Wildman–Crippen LogP) is 2.17. The summed E-state index contributed by atoms with van der Waals surface area (Å²) in [4.78, 5) is 15.3. The summed E-state index contributed by atoms with van der Waals surface area (Å²) in [5.41, 5.74) is 0.277. The minimum atomic E-state index is -2.12. The van der Waals surface area contributed by atoms with Crippen molar-refractivity contribution in [1.82, 2.24) is 4.98 Å². The quantitative estimate of drug-likeness (QED) is 0.859. The Kier molecular flexibility index (Phi) is 4.06. The number of nitrogens with zero attached hydrogens (tertiary/aromatic N) is 1. The molecule has 0 aliphatic heterocycles. The number of hydrogen-bond donors (Lipinski definition) is 1. The molecule has 0 radical (unpaired) electrons. The van der Waals surface area contributed by atoms with Crippen molar-refractivity contribution < 1.29 is 19.0 Å². The number of ether oxygens (including phenoxy) is 1. The number of hydrogen-bond acceptors (Lipinski definition) is 4. The Bertz CT molecular complexity index is 582. The Morgan fingerprint density at radius 3 is 2.89 bits per heavy atom. The van der Waals surface area contributed by atoms with Gasteiger partial charge in [0.25, 0.3) is 0 Å². The van der Waals surface area contributed by atoms with Crippen molar-refractivity contribution in [3.8, 4) is 0 Å². The van der Waals surface area contributed by atoms with Gasteiger partial charge in [-0.3, -0.25) is 4.98 Å². The van der Waals surface area contributed by atoms with E-state index >= 15 is 0 Å². The molecule has 0 aliphatic rings. The van der Waals surface area contributed by atoms with E-state index in [1.165, 1.54) is 6.20 Å². The van der Waals surface area contributed by atoms with Crippen LogP contribution in [0.15, 0.2) is 36.7 Å². The molecular formula is C14H14FNO3. The Labute approximate surface area is 109 Å². The van der Waals surface area contributed by atoms with E-state index in [1.54, 1.807) is 31.3 Å². The van der Waals surface area contributed by atoms with E-state index in [0.29, 0.717) is 5.39 Å². The fraction of sp³-hybridized carbons (Fsp3) is 0.286. The van der Waals surface area contributed by atoms with Gasteiger partial charge in [-0.05, 0) is 12.3 Å². The molecule has 5 heteroatoms. The normalized spacial score (nSPS) is 14.1. The first-order valence-corrected chi connectivity index (χ1v) is 5.96.